The van der Waals surface area contributed by atoms with Crippen molar-refractivity contribution >= 4 is 41.1 Å². The summed E-state index contributed by atoms with van der Waals surface area (Å²) >= 11 is 5.79. The van der Waals surface area contributed by atoms with E-state index in [1.54, 1.807) is 54.6 Å². The van der Waals surface area contributed by atoms with Crippen molar-refractivity contribution in [2.45, 2.75) is 19.8 Å². The number of anilines is 1. The summed E-state index contributed by atoms with van der Waals surface area (Å²) in [4.78, 5) is 35.4. The molecule has 0 aliphatic carbocycles. The van der Waals surface area contributed by atoms with Crippen LogP contribution in [-0.2, 0) is 14.4 Å². The highest BCUT2D eigenvalue weighted by molar-refractivity contribution is 6.30. The number of hydrogen-bond donors (Lipinski definition) is 3. The van der Waals surface area contributed by atoms with Crippen LogP contribution in [0.25, 0.3) is 6.08 Å². The zero-order valence-corrected chi connectivity index (χ0v) is 16.7. The molecule has 0 saturated carbocycles. The summed E-state index contributed by atoms with van der Waals surface area (Å²) in [5, 5.41) is 3.29. The molecule has 3 N–H and O–H groups in total. The number of hydrogen-bond acceptors (Lipinski definition) is 4. The van der Waals surface area contributed by atoms with Gasteiger partial charge in [0, 0.05) is 29.6 Å². The Balaban J connectivity index is 1.67. The standard InChI is InChI=1S/C21H22ClN3O4/c1-2-29-18-10-8-17(9-11-18)23-19(26)13-14-21(28)25-24-20(27)12-5-15-3-6-16(22)7-4-15/h3-12H,2,13-14H2,1H3,(H,23,26)(H,24,27)(H,25,28)/b12-5+. The number of hydrazine groups is 1. The third-order valence-electron chi connectivity index (χ3n) is 3.65. The highest BCUT2D eigenvalue weighted by atomic mass is 35.5. The van der Waals surface area contributed by atoms with E-state index in [-0.39, 0.29) is 18.7 Å². The summed E-state index contributed by atoms with van der Waals surface area (Å²) < 4.78 is 5.33. The monoisotopic (exact) mass is 415 g/mol. The Morgan fingerprint density at radius 2 is 1.59 bits per heavy atom. The van der Waals surface area contributed by atoms with Crippen molar-refractivity contribution in [3.8, 4) is 5.75 Å². The Hall–Kier alpha value is -3.32. The lowest BCUT2D eigenvalue weighted by Gasteiger charge is -2.08. The summed E-state index contributed by atoms with van der Waals surface area (Å²) in [6, 6.07) is 13.9. The minimum Gasteiger partial charge on any atom is -0.494 e. The first-order chi connectivity index (χ1) is 14.0. The third-order valence-corrected chi connectivity index (χ3v) is 3.90. The van der Waals surface area contributed by atoms with Gasteiger partial charge in [-0.3, -0.25) is 25.2 Å². The van der Waals surface area contributed by atoms with Gasteiger partial charge in [0.25, 0.3) is 5.91 Å². The van der Waals surface area contributed by atoms with E-state index >= 15 is 0 Å². The van der Waals surface area contributed by atoms with E-state index in [9.17, 15) is 14.4 Å². The van der Waals surface area contributed by atoms with Gasteiger partial charge in [-0.1, -0.05) is 23.7 Å². The topological polar surface area (TPSA) is 96.5 Å². The minimum atomic E-state index is -0.493. The maximum atomic E-state index is 11.9. The molecule has 0 aliphatic heterocycles. The molecule has 3 amide bonds. The lowest BCUT2D eigenvalue weighted by molar-refractivity contribution is -0.128. The summed E-state index contributed by atoms with van der Waals surface area (Å²) in [6.07, 6.45) is 2.78. The molecule has 0 heterocycles. The Morgan fingerprint density at radius 1 is 0.931 bits per heavy atom. The molecule has 2 rings (SSSR count). The Morgan fingerprint density at radius 3 is 2.24 bits per heavy atom. The molecule has 2 aromatic rings. The van der Waals surface area contributed by atoms with Gasteiger partial charge in [0.2, 0.25) is 11.8 Å². The van der Waals surface area contributed by atoms with Crippen molar-refractivity contribution in [2.24, 2.45) is 0 Å². The average Bonchev–Trinajstić information content (AvgIpc) is 2.72. The quantitative estimate of drug-likeness (QED) is 0.455. The molecule has 0 spiro atoms. The number of halogens is 1. The first-order valence-electron chi connectivity index (χ1n) is 9.01. The van der Waals surface area contributed by atoms with Crippen LogP contribution < -0.4 is 20.9 Å². The fraction of sp³-hybridized carbons (Fsp3) is 0.190. The lowest BCUT2D eigenvalue weighted by Crippen LogP contribution is -2.41. The predicted octanol–water partition coefficient (Wildman–Crippen LogP) is 3.32. The van der Waals surface area contributed by atoms with E-state index < -0.39 is 11.8 Å². The lowest BCUT2D eigenvalue weighted by atomic mass is 10.2. The molecule has 7 nitrogen and oxygen atoms in total. The zero-order chi connectivity index (χ0) is 21.1. The number of nitrogens with one attached hydrogen (secondary N) is 3. The van der Waals surface area contributed by atoms with Gasteiger partial charge < -0.3 is 10.1 Å². The van der Waals surface area contributed by atoms with Crippen molar-refractivity contribution in [3.63, 3.8) is 0 Å². The zero-order valence-electron chi connectivity index (χ0n) is 15.9. The van der Waals surface area contributed by atoms with Gasteiger partial charge >= 0.3 is 0 Å². The van der Waals surface area contributed by atoms with Crippen LogP contribution in [0.3, 0.4) is 0 Å². The van der Waals surface area contributed by atoms with Crippen molar-refractivity contribution in [1.82, 2.24) is 10.9 Å². The molecule has 0 atom stereocenters. The maximum Gasteiger partial charge on any atom is 0.262 e. The van der Waals surface area contributed by atoms with Crippen LogP contribution in [-0.4, -0.2) is 24.3 Å². The van der Waals surface area contributed by atoms with Crippen molar-refractivity contribution in [1.29, 1.82) is 0 Å². The SMILES string of the molecule is CCOc1ccc(NC(=O)CCC(=O)NNC(=O)/C=C/c2ccc(Cl)cc2)cc1. The van der Waals surface area contributed by atoms with Crippen LogP contribution in [0.2, 0.25) is 5.02 Å². The van der Waals surface area contributed by atoms with Crippen LogP contribution in [0, 0.1) is 0 Å². The largest absolute Gasteiger partial charge is 0.494 e. The van der Waals surface area contributed by atoms with Gasteiger partial charge in [-0.25, -0.2) is 0 Å². The molecular weight excluding hydrogens is 394 g/mol. The Kier molecular flexibility index (Phi) is 8.72. The van der Waals surface area contributed by atoms with Crippen LogP contribution >= 0.6 is 11.6 Å². The number of carbonyl (C=O) groups excluding carboxylic acids is 3. The Bertz CT molecular complexity index is 864. The molecule has 0 bridgehead atoms. The summed E-state index contributed by atoms with van der Waals surface area (Å²) in [5.74, 6) is -0.559. The second-order valence-corrected chi connectivity index (χ2v) is 6.36. The number of rotatable bonds is 8. The molecule has 0 aromatic heterocycles. The number of benzene rings is 2. The van der Waals surface area contributed by atoms with Crippen LogP contribution in [0.4, 0.5) is 5.69 Å². The first-order valence-corrected chi connectivity index (χ1v) is 9.39. The third kappa shape index (κ3) is 8.49. The highest BCUT2D eigenvalue weighted by Crippen LogP contribution is 2.16. The molecule has 29 heavy (non-hydrogen) atoms. The highest BCUT2D eigenvalue weighted by Gasteiger charge is 2.08. The number of amides is 3. The maximum absolute atomic E-state index is 11.9. The van der Waals surface area contributed by atoms with Crippen molar-refractivity contribution in [3.05, 3.63) is 65.2 Å². The van der Waals surface area contributed by atoms with Gasteiger partial charge in [-0.05, 0) is 55.0 Å². The Labute approximate surface area is 174 Å². The van der Waals surface area contributed by atoms with Crippen molar-refractivity contribution < 1.29 is 19.1 Å². The molecule has 0 aliphatic rings. The minimum absolute atomic E-state index is 0.0183. The van der Waals surface area contributed by atoms with E-state index in [0.29, 0.717) is 23.1 Å². The van der Waals surface area contributed by atoms with Gasteiger partial charge in [0.05, 0.1) is 6.61 Å². The van der Waals surface area contributed by atoms with Gasteiger partial charge in [-0.2, -0.15) is 0 Å². The van der Waals surface area contributed by atoms with Crippen LogP contribution in [0.15, 0.2) is 54.6 Å². The fourth-order valence-electron chi connectivity index (χ4n) is 2.23. The van der Waals surface area contributed by atoms with E-state index in [1.165, 1.54) is 6.08 Å². The van der Waals surface area contributed by atoms with Crippen LogP contribution in [0.1, 0.15) is 25.3 Å². The predicted molar refractivity (Wildman–Crippen MR) is 112 cm³/mol. The molecular formula is C21H22ClN3O4. The first kappa shape index (κ1) is 22.0. The second kappa shape index (κ2) is 11.5. The molecule has 0 radical (unpaired) electrons. The molecule has 152 valence electrons. The molecule has 0 unspecified atom stereocenters. The van der Waals surface area contributed by atoms with E-state index in [1.807, 2.05) is 6.92 Å². The molecule has 0 fully saturated rings. The molecule has 8 heteroatoms. The smallest absolute Gasteiger partial charge is 0.262 e. The number of ether oxygens (including phenoxy) is 1. The summed E-state index contributed by atoms with van der Waals surface area (Å²) in [5.41, 5.74) is 5.92. The van der Waals surface area contributed by atoms with E-state index in [0.717, 1.165) is 5.56 Å². The average molecular weight is 416 g/mol. The van der Waals surface area contributed by atoms with Gasteiger partial charge in [-0.15, -0.1) is 0 Å². The number of carbonyl (C=O) groups is 3. The van der Waals surface area contributed by atoms with Crippen LogP contribution in [0.5, 0.6) is 5.75 Å². The normalized spacial score (nSPS) is 10.4. The summed E-state index contributed by atoms with van der Waals surface area (Å²) in [6.45, 7) is 2.45. The van der Waals surface area contributed by atoms with Gasteiger partial charge in [0.1, 0.15) is 5.75 Å². The fourth-order valence-corrected chi connectivity index (χ4v) is 2.36. The molecule has 2 aromatic carbocycles. The van der Waals surface area contributed by atoms with E-state index in [4.69, 9.17) is 16.3 Å². The van der Waals surface area contributed by atoms with E-state index in [2.05, 4.69) is 16.2 Å². The molecule has 0 saturated heterocycles. The summed E-state index contributed by atoms with van der Waals surface area (Å²) in [7, 11) is 0. The second-order valence-electron chi connectivity index (χ2n) is 5.93. The van der Waals surface area contributed by atoms with Gasteiger partial charge in [0.15, 0.2) is 0 Å². The van der Waals surface area contributed by atoms with Crippen molar-refractivity contribution in [2.75, 3.05) is 11.9 Å².